The number of thiazole rings is 1. The van der Waals surface area contributed by atoms with Gasteiger partial charge in [0.1, 0.15) is 5.01 Å². The summed E-state index contributed by atoms with van der Waals surface area (Å²) in [4.78, 5) is 17.7. The summed E-state index contributed by atoms with van der Waals surface area (Å²) in [6, 6.07) is 9.95. The van der Waals surface area contributed by atoms with E-state index in [0.717, 1.165) is 22.0 Å². The third-order valence-corrected chi connectivity index (χ3v) is 5.55. The highest BCUT2D eigenvalue weighted by Crippen LogP contribution is 2.34. The number of anilines is 1. The molecule has 23 heavy (non-hydrogen) atoms. The zero-order valence-electron chi connectivity index (χ0n) is 13.3. The molecule has 3 nitrogen and oxygen atoms in total. The van der Waals surface area contributed by atoms with Crippen molar-refractivity contribution in [2.75, 3.05) is 5.32 Å². The topological polar surface area (TPSA) is 42.0 Å². The van der Waals surface area contributed by atoms with Crippen LogP contribution in [0.25, 0.3) is 21.1 Å². The average molecular weight is 342 g/mol. The number of benzene rings is 1. The summed E-state index contributed by atoms with van der Waals surface area (Å²) in [5, 5.41) is 8.13. The Balaban J connectivity index is 1.79. The van der Waals surface area contributed by atoms with Gasteiger partial charge in [0.05, 0.1) is 10.6 Å². The van der Waals surface area contributed by atoms with Crippen LogP contribution in [0, 0.1) is 12.8 Å². The molecule has 3 rings (SSSR count). The molecule has 2 aromatic heterocycles. The summed E-state index contributed by atoms with van der Waals surface area (Å²) >= 11 is 3.39. The highest BCUT2D eigenvalue weighted by Gasteiger charge is 2.11. The van der Waals surface area contributed by atoms with Crippen LogP contribution in [-0.4, -0.2) is 10.9 Å². The predicted molar refractivity (Wildman–Crippen MR) is 99.1 cm³/mol. The van der Waals surface area contributed by atoms with E-state index in [-0.39, 0.29) is 11.8 Å². The van der Waals surface area contributed by atoms with Crippen LogP contribution in [0.5, 0.6) is 0 Å². The van der Waals surface area contributed by atoms with Gasteiger partial charge >= 0.3 is 0 Å². The van der Waals surface area contributed by atoms with Crippen LogP contribution in [0.1, 0.15) is 19.4 Å². The zero-order chi connectivity index (χ0) is 16.4. The Bertz CT molecular complexity index is 816. The van der Waals surface area contributed by atoms with E-state index < -0.39 is 0 Å². The van der Waals surface area contributed by atoms with E-state index in [2.05, 4.69) is 29.1 Å². The second-order valence-electron chi connectivity index (χ2n) is 5.69. The number of amides is 1. The van der Waals surface area contributed by atoms with Gasteiger partial charge in [0.15, 0.2) is 0 Å². The largest absolute Gasteiger partial charge is 0.326 e. The molecule has 0 radical (unpaired) electrons. The van der Waals surface area contributed by atoms with Crippen molar-refractivity contribution >= 4 is 34.3 Å². The molecule has 1 aromatic carbocycles. The van der Waals surface area contributed by atoms with E-state index in [1.54, 1.807) is 22.7 Å². The summed E-state index contributed by atoms with van der Waals surface area (Å²) in [5.74, 6) is 0.00618. The van der Waals surface area contributed by atoms with Crippen molar-refractivity contribution in [2.45, 2.75) is 20.8 Å². The van der Waals surface area contributed by atoms with Crippen molar-refractivity contribution < 1.29 is 4.79 Å². The molecule has 0 aliphatic carbocycles. The van der Waals surface area contributed by atoms with Crippen LogP contribution < -0.4 is 5.32 Å². The molecule has 0 unspecified atom stereocenters. The van der Waals surface area contributed by atoms with Crippen LogP contribution in [0.4, 0.5) is 5.69 Å². The molecule has 2 heterocycles. The number of hydrogen-bond acceptors (Lipinski definition) is 4. The molecule has 1 N–H and O–H groups in total. The van der Waals surface area contributed by atoms with Crippen LogP contribution in [0.3, 0.4) is 0 Å². The Morgan fingerprint density at radius 3 is 2.48 bits per heavy atom. The fourth-order valence-electron chi connectivity index (χ4n) is 2.11. The van der Waals surface area contributed by atoms with Gasteiger partial charge in [0, 0.05) is 22.5 Å². The maximum Gasteiger partial charge on any atom is 0.226 e. The molecule has 5 heteroatoms. The summed E-state index contributed by atoms with van der Waals surface area (Å²) in [7, 11) is 0. The molecule has 0 bridgehead atoms. The van der Waals surface area contributed by atoms with E-state index in [9.17, 15) is 4.79 Å². The van der Waals surface area contributed by atoms with Gasteiger partial charge in [-0.3, -0.25) is 4.79 Å². The average Bonchev–Trinajstić information content (AvgIpc) is 3.16. The van der Waals surface area contributed by atoms with Gasteiger partial charge in [0.25, 0.3) is 0 Å². The first kappa shape index (κ1) is 15.9. The first-order chi connectivity index (χ1) is 11.0. The summed E-state index contributed by atoms with van der Waals surface area (Å²) in [5.41, 5.74) is 4.11. The lowest BCUT2D eigenvalue weighted by Crippen LogP contribution is -2.17. The Kier molecular flexibility index (Phi) is 4.59. The quantitative estimate of drug-likeness (QED) is 0.686. The lowest BCUT2D eigenvalue weighted by Gasteiger charge is -2.07. The van der Waals surface area contributed by atoms with Crippen molar-refractivity contribution in [3.8, 4) is 21.1 Å². The molecular formula is C18H18N2OS2. The molecule has 0 saturated carbocycles. The summed E-state index contributed by atoms with van der Waals surface area (Å²) < 4.78 is 0. The summed E-state index contributed by atoms with van der Waals surface area (Å²) in [6.07, 6.45) is 0. The van der Waals surface area contributed by atoms with E-state index in [1.807, 2.05) is 38.1 Å². The Labute approximate surface area is 144 Å². The van der Waals surface area contributed by atoms with Crippen molar-refractivity contribution in [1.29, 1.82) is 0 Å². The van der Waals surface area contributed by atoms with Gasteiger partial charge in [-0.25, -0.2) is 4.98 Å². The molecule has 0 spiro atoms. The maximum atomic E-state index is 11.7. The number of thiophene rings is 1. The maximum absolute atomic E-state index is 11.7. The Morgan fingerprint density at radius 1 is 1.13 bits per heavy atom. The first-order valence-electron chi connectivity index (χ1n) is 7.46. The highest BCUT2D eigenvalue weighted by molar-refractivity contribution is 7.20. The van der Waals surface area contributed by atoms with Gasteiger partial charge in [0.2, 0.25) is 5.91 Å². The monoisotopic (exact) mass is 342 g/mol. The predicted octanol–water partition coefficient (Wildman–Crippen LogP) is 5.44. The smallest absolute Gasteiger partial charge is 0.226 e. The lowest BCUT2D eigenvalue weighted by atomic mass is 10.1. The highest BCUT2D eigenvalue weighted by atomic mass is 32.1. The van der Waals surface area contributed by atoms with Gasteiger partial charge in [-0.1, -0.05) is 26.0 Å². The van der Waals surface area contributed by atoms with Gasteiger partial charge in [-0.2, -0.15) is 0 Å². The summed E-state index contributed by atoms with van der Waals surface area (Å²) in [6.45, 7) is 5.87. The van der Waals surface area contributed by atoms with Crippen LogP contribution in [0.15, 0.2) is 41.1 Å². The minimum Gasteiger partial charge on any atom is -0.326 e. The number of aromatic nitrogens is 1. The van der Waals surface area contributed by atoms with Gasteiger partial charge in [-0.05, 0) is 36.1 Å². The normalized spacial score (nSPS) is 11.0. The molecule has 0 aliphatic heterocycles. The molecule has 0 aliphatic rings. The molecule has 0 fully saturated rings. The molecule has 0 atom stereocenters. The number of carbonyl (C=O) groups excluding carboxylic acids is 1. The fourth-order valence-corrected chi connectivity index (χ4v) is 4.04. The third kappa shape index (κ3) is 3.51. The second-order valence-corrected chi connectivity index (χ2v) is 7.47. The number of nitrogens with one attached hydrogen (secondary N) is 1. The number of aryl methyl sites for hydroxylation is 1. The minimum absolute atomic E-state index is 0.0233. The standard InChI is InChI=1S/C18H18N2OS2/c1-11(2)17(21)19-14-6-4-13(5-7-14)15-10-23-18(20-15)16-12(3)8-9-22-16/h4-11H,1-3H3,(H,19,21). The first-order valence-corrected chi connectivity index (χ1v) is 9.22. The molecule has 118 valence electrons. The number of carbonyl (C=O) groups is 1. The molecular weight excluding hydrogens is 324 g/mol. The third-order valence-electron chi connectivity index (χ3n) is 3.53. The van der Waals surface area contributed by atoms with Crippen LogP contribution >= 0.6 is 22.7 Å². The van der Waals surface area contributed by atoms with Crippen molar-refractivity contribution in [1.82, 2.24) is 4.98 Å². The SMILES string of the molecule is Cc1ccsc1-c1nc(-c2ccc(NC(=O)C(C)C)cc2)cs1. The number of nitrogens with zero attached hydrogens (tertiary/aromatic N) is 1. The van der Waals surface area contributed by atoms with Crippen LogP contribution in [-0.2, 0) is 4.79 Å². The Morgan fingerprint density at radius 2 is 1.87 bits per heavy atom. The number of hydrogen-bond donors (Lipinski definition) is 1. The van der Waals surface area contributed by atoms with E-state index in [0.29, 0.717) is 0 Å². The zero-order valence-corrected chi connectivity index (χ0v) is 14.9. The minimum atomic E-state index is -0.0233. The van der Waals surface area contributed by atoms with E-state index in [1.165, 1.54) is 10.4 Å². The van der Waals surface area contributed by atoms with Crippen molar-refractivity contribution in [3.05, 3.63) is 46.7 Å². The van der Waals surface area contributed by atoms with Gasteiger partial charge < -0.3 is 5.32 Å². The van der Waals surface area contributed by atoms with Gasteiger partial charge in [-0.15, -0.1) is 22.7 Å². The van der Waals surface area contributed by atoms with E-state index >= 15 is 0 Å². The number of rotatable bonds is 4. The van der Waals surface area contributed by atoms with Crippen LogP contribution in [0.2, 0.25) is 0 Å². The van der Waals surface area contributed by atoms with Crippen molar-refractivity contribution in [3.63, 3.8) is 0 Å². The Hall–Kier alpha value is -1.98. The molecule has 1 amide bonds. The van der Waals surface area contributed by atoms with Crippen molar-refractivity contribution in [2.24, 2.45) is 5.92 Å². The van der Waals surface area contributed by atoms with E-state index in [4.69, 9.17) is 4.98 Å². The lowest BCUT2D eigenvalue weighted by molar-refractivity contribution is -0.118. The fraction of sp³-hybridized carbons (Fsp3) is 0.222. The second kappa shape index (κ2) is 6.64. The molecule has 0 saturated heterocycles. The molecule has 3 aromatic rings.